The van der Waals surface area contributed by atoms with E-state index >= 15 is 0 Å². The molecule has 4 heteroatoms. The lowest BCUT2D eigenvalue weighted by Gasteiger charge is -2.10. The number of aliphatic carboxylic acids is 1. The molecule has 0 aromatic heterocycles. The van der Waals surface area contributed by atoms with Crippen LogP contribution < -0.4 is 0 Å². The van der Waals surface area contributed by atoms with Gasteiger partial charge < -0.3 is 15.3 Å². The molecule has 0 aliphatic carbocycles. The Labute approximate surface area is 142 Å². The molecule has 0 spiro atoms. The van der Waals surface area contributed by atoms with Gasteiger partial charge in [-0.15, -0.1) is 0 Å². The van der Waals surface area contributed by atoms with Gasteiger partial charge in [-0.05, 0) is 19.3 Å². The van der Waals surface area contributed by atoms with Crippen LogP contribution in [-0.2, 0) is 4.79 Å². The predicted octanol–water partition coefficient (Wildman–Crippen LogP) is 4.52. The van der Waals surface area contributed by atoms with Gasteiger partial charge in [-0.2, -0.15) is 0 Å². The van der Waals surface area contributed by atoms with Crippen LogP contribution in [0.5, 0.6) is 0 Å². The van der Waals surface area contributed by atoms with Crippen LogP contribution in [0.25, 0.3) is 0 Å². The van der Waals surface area contributed by atoms with Crippen LogP contribution in [0.4, 0.5) is 0 Å². The molecule has 3 N–H and O–H groups in total. The highest BCUT2D eigenvalue weighted by atomic mass is 16.4. The second kappa shape index (κ2) is 16.3. The fourth-order valence-electron chi connectivity index (χ4n) is 2.90. The number of unbranched alkanes of at least 4 members (excludes halogenated alkanes) is 9. The number of carboxylic acids is 1. The van der Waals surface area contributed by atoms with Crippen LogP contribution >= 0.6 is 0 Å². The summed E-state index contributed by atoms with van der Waals surface area (Å²) < 4.78 is 0. The van der Waals surface area contributed by atoms with E-state index in [9.17, 15) is 9.90 Å². The van der Waals surface area contributed by atoms with E-state index in [-0.39, 0.29) is 12.7 Å². The molecule has 0 amide bonds. The third-order valence-corrected chi connectivity index (χ3v) is 4.55. The van der Waals surface area contributed by atoms with E-state index in [0.717, 1.165) is 44.9 Å². The second-order valence-electron chi connectivity index (χ2n) is 6.77. The van der Waals surface area contributed by atoms with Crippen LogP contribution in [0.3, 0.4) is 0 Å². The van der Waals surface area contributed by atoms with Crippen molar-refractivity contribution in [2.75, 3.05) is 6.61 Å². The Morgan fingerprint density at radius 3 is 1.65 bits per heavy atom. The maximum atomic E-state index is 10.7. The van der Waals surface area contributed by atoms with Crippen molar-refractivity contribution in [2.45, 2.75) is 103 Å². The van der Waals surface area contributed by atoms with Crippen molar-refractivity contribution >= 4 is 5.97 Å². The maximum absolute atomic E-state index is 10.7. The first kappa shape index (κ1) is 22.4. The summed E-state index contributed by atoms with van der Waals surface area (Å²) in [7, 11) is 0. The first-order valence-electron chi connectivity index (χ1n) is 9.63. The molecule has 0 unspecified atom stereocenters. The quantitative estimate of drug-likeness (QED) is 0.343. The fraction of sp³-hybridized carbons (Fsp3) is 0.947. The van der Waals surface area contributed by atoms with E-state index in [4.69, 9.17) is 10.2 Å². The largest absolute Gasteiger partial charge is 0.481 e. The summed E-state index contributed by atoms with van der Waals surface area (Å²) in [4.78, 5) is 10.7. The summed E-state index contributed by atoms with van der Waals surface area (Å²) in [5.41, 5.74) is 0. The second-order valence-corrected chi connectivity index (χ2v) is 6.77. The topological polar surface area (TPSA) is 77.8 Å². The maximum Gasteiger partial charge on any atom is 0.308 e. The minimum absolute atomic E-state index is 0.113. The molecular formula is C19H38O4. The Morgan fingerprint density at radius 1 is 0.783 bits per heavy atom. The number of hydrogen-bond acceptors (Lipinski definition) is 3. The molecule has 0 saturated carbocycles. The molecule has 4 nitrogen and oxygen atoms in total. The Kier molecular flexibility index (Phi) is 15.8. The lowest BCUT2D eigenvalue weighted by molar-refractivity contribution is -0.143. The van der Waals surface area contributed by atoms with Crippen molar-refractivity contribution in [3.8, 4) is 0 Å². The number of aliphatic hydroxyl groups is 2. The van der Waals surface area contributed by atoms with Crippen LogP contribution in [0.2, 0.25) is 0 Å². The first-order valence-corrected chi connectivity index (χ1v) is 9.63. The smallest absolute Gasteiger partial charge is 0.308 e. The monoisotopic (exact) mass is 330 g/mol. The molecule has 0 radical (unpaired) electrons. The van der Waals surface area contributed by atoms with Gasteiger partial charge in [0.15, 0.2) is 0 Å². The first-order chi connectivity index (χ1) is 11.1. The third kappa shape index (κ3) is 14.7. The van der Waals surface area contributed by atoms with Gasteiger partial charge in [-0.3, -0.25) is 4.79 Å². The van der Waals surface area contributed by atoms with Gasteiger partial charge in [-0.25, -0.2) is 0 Å². The van der Waals surface area contributed by atoms with Crippen LogP contribution in [-0.4, -0.2) is 34.0 Å². The van der Waals surface area contributed by atoms with Crippen molar-refractivity contribution in [1.29, 1.82) is 0 Å². The van der Waals surface area contributed by atoms with E-state index in [1.807, 2.05) is 0 Å². The lowest BCUT2D eigenvalue weighted by atomic mass is 10.00. The van der Waals surface area contributed by atoms with Crippen molar-refractivity contribution in [1.82, 2.24) is 0 Å². The van der Waals surface area contributed by atoms with E-state index in [1.165, 1.54) is 38.5 Å². The molecule has 0 aromatic carbocycles. The molecule has 0 heterocycles. The lowest BCUT2D eigenvalue weighted by Crippen LogP contribution is -2.17. The molecule has 23 heavy (non-hydrogen) atoms. The summed E-state index contributed by atoms with van der Waals surface area (Å²) in [5.74, 6) is -1.48. The van der Waals surface area contributed by atoms with E-state index < -0.39 is 11.9 Å². The van der Waals surface area contributed by atoms with Crippen molar-refractivity contribution in [2.24, 2.45) is 5.92 Å². The molecule has 0 rings (SSSR count). The van der Waals surface area contributed by atoms with Gasteiger partial charge in [0, 0.05) is 0 Å². The van der Waals surface area contributed by atoms with Gasteiger partial charge in [-0.1, -0.05) is 77.6 Å². The van der Waals surface area contributed by atoms with Gasteiger partial charge in [0.25, 0.3) is 0 Å². The Balaban J connectivity index is 3.28. The number of aliphatic hydroxyl groups excluding tert-OH is 2. The highest BCUT2D eigenvalue weighted by molar-refractivity contribution is 5.69. The molecule has 0 bridgehead atoms. The zero-order chi connectivity index (χ0) is 17.3. The van der Waals surface area contributed by atoms with Crippen LogP contribution in [0, 0.1) is 5.92 Å². The summed E-state index contributed by atoms with van der Waals surface area (Å²) in [6.07, 6.45) is 15.0. The molecular weight excluding hydrogens is 292 g/mol. The molecule has 0 saturated heterocycles. The highest BCUT2D eigenvalue weighted by Gasteiger charge is 2.14. The minimum Gasteiger partial charge on any atom is -0.481 e. The number of carboxylic acid groups (broad SMARTS) is 1. The zero-order valence-electron chi connectivity index (χ0n) is 15.0. The number of rotatable bonds is 17. The average Bonchev–Trinajstić information content (AvgIpc) is 2.53. The van der Waals surface area contributed by atoms with Gasteiger partial charge in [0.05, 0.1) is 18.6 Å². The standard InChI is InChI=1S/C19H38O4/c1-2-3-4-11-14-18(21)15-12-9-7-5-6-8-10-13-17(16-20)19(22)23/h17-18,20-21H,2-16H2,1H3,(H,22,23)/t17-,18+/m0/s1. The van der Waals surface area contributed by atoms with Gasteiger partial charge in [0.2, 0.25) is 0 Å². The molecule has 0 fully saturated rings. The number of hydrogen-bond donors (Lipinski definition) is 3. The summed E-state index contributed by atoms with van der Waals surface area (Å²) >= 11 is 0. The summed E-state index contributed by atoms with van der Waals surface area (Å²) in [5, 5.41) is 27.6. The molecule has 0 aliphatic heterocycles. The SMILES string of the molecule is CCCCCC[C@@H](O)CCCCCCCCC[C@@H](CO)C(=O)O. The third-order valence-electron chi connectivity index (χ3n) is 4.55. The molecule has 0 aliphatic rings. The summed E-state index contributed by atoms with van der Waals surface area (Å²) in [6.45, 7) is 1.95. The average molecular weight is 331 g/mol. The molecule has 2 atom stereocenters. The molecule has 0 aromatic rings. The van der Waals surface area contributed by atoms with Crippen molar-refractivity contribution in [3.05, 3.63) is 0 Å². The summed E-state index contributed by atoms with van der Waals surface area (Å²) in [6, 6.07) is 0. The minimum atomic E-state index is -0.888. The normalized spacial score (nSPS) is 13.9. The van der Waals surface area contributed by atoms with Gasteiger partial charge >= 0.3 is 5.97 Å². The predicted molar refractivity (Wildman–Crippen MR) is 94.5 cm³/mol. The van der Waals surface area contributed by atoms with Crippen LogP contribution in [0.15, 0.2) is 0 Å². The van der Waals surface area contributed by atoms with Crippen molar-refractivity contribution < 1.29 is 20.1 Å². The fourth-order valence-corrected chi connectivity index (χ4v) is 2.90. The highest BCUT2D eigenvalue weighted by Crippen LogP contribution is 2.15. The number of carbonyl (C=O) groups is 1. The Bertz CT molecular complexity index is 268. The Morgan fingerprint density at radius 2 is 1.22 bits per heavy atom. The van der Waals surface area contributed by atoms with Crippen LogP contribution in [0.1, 0.15) is 96.8 Å². The van der Waals surface area contributed by atoms with Gasteiger partial charge in [0.1, 0.15) is 0 Å². The van der Waals surface area contributed by atoms with E-state index in [2.05, 4.69) is 6.92 Å². The Hall–Kier alpha value is -0.610. The van der Waals surface area contributed by atoms with Crippen molar-refractivity contribution in [3.63, 3.8) is 0 Å². The van der Waals surface area contributed by atoms with E-state index in [0.29, 0.717) is 6.42 Å². The zero-order valence-corrected chi connectivity index (χ0v) is 15.0. The van der Waals surface area contributed by atoms with E-state index in [1.54, 1.807) is 0 Å². The molecule has 138 valence electrons.